The van der Waals surface area contributed by atoms with Gasteiger partial charge in [0.05, 0.1) is 18.6 Å². The number of hydrogen-bond donors (Lipinski definition) is 0. The lowest BCUT2D eigenvalue weighted by Gasteiger charge is -2.37. The second kappa shape index (κ2) is 5.81. The van der Waals surface area contributed by atoms with Gasteiger partial charge in [0.25, 0.3) is 0 Å². The van der Waals surface area contributed by atoms with E-state index in [-0.39, 0.29) is 23.5 Å². The molecule has 2 saturated carbocycles. The van der Waals surface area contributed by atoms with Crippen LogP contribution in [0.1, 0.15) is 41.6 Å². The predicted molar refractivity (Wildman–Crippen MR) is 95.2 cm³/mol. The second-order valence-electron chi connectivity index (χ2n) is 8.31. The van der Waals surface area contributed by atoms with Gasteiger partial charge in [0, 0.05) is 31.5 Å². The van der Waals surface area contributed by atoms with Crippen LogP contribution in [0.4, 0.5) is 0 Å². The fourth-order valence-corrected chi connectivity index (χ4v) is 5.44. The Kier molecular flexibility index (Phi) is 3.64. The number of hydrogen-bond acceptors (Lipinski definition) is 4. The summed E-state index contributed by atoms with van der Waals surface area (Å²) in [7, 11) is 0. The molecule has 1 aromatic carbocycles. The van der Waals surface area contributed by atoms with Crippen LogP contribution in [0.3, 0.4) is 0 Å². The maximum atomic E-state index is 13.1. The first kappa shape index (κ1) is 16.3. The molecule has 2 heterocycles. The zero-order valence-corrected chi connectivity index (χ0v) is 15.2. The van der Waals surface area contributed by atoms with E-state index in [9.17, 15) is 9.59 Å². The molecule has 4 aliphatic rings. The molecule has 1 saturated heterocycles. The number of Topliss-reactive ketones (excluding diaryl/α,β-unsaturated/α-hetero) is 1. The zero-order valence-electron chi connectivity index (χ0n) is 15.2. The average molecular weight is 355 g/mol. The van der Waals surface area contributed by atoms with Crippen LogP contribution in [0.25, 0.3) is 0 Å². The fraction of sp³-hybridized carbons (Fsp3) is 0.619. The molecule has 1 aromatic rings. The summed E-state index contributed by atoms with van der Waals surface area (Å²) in [5.41, 5.74) is 1.31. The van der Waals surface area contributed by atoms with Gasteiger partial charge in [0.2, 0.25) is 5.91 Å². The average Bonchev–Trinajstić information content (AvgIpc) is 3.34. The van der Waals surface area contributed by atoms with Gasteiger partial charge in [-0.05, 0) is 44.2 Å². The summed E-state index contributed by atoms with van der Waals surface area (Å²) < 4.78 is 11.9. The van der Waals surface area contributed by atoms with Crippen molar-refractivity contribution in [2.75, 3.05) is 26.3 Å². The van der Waals surface area contributed by atoms with Crippen LogP contribution in [-0.4, -0.2) is 48.5 Å². The maximum absolute atomic E-state index is 13.1. The highest BCUT2D eigenvalue weighted by Gasteiger charge is 2.71. The third kappa shape index (κ3) is 2.40. The SMILES string of the molecule is Cc1ccc2c(c1)C(=O)C[C@@]1(CC[C@H]3[C@@H](C(=O)N4CCCOCC4)[C@@H]31)O2. The highest BCUT2D eigenvalue weighted by atomic mass is 16.5. The normalized spacial score (nSPS) is 35.5. The smallest absolute Gasteiger partial charge is 0.226 e. The number of fused-ring (bicyclic) bond motifs is 3. The first-order valence-electron chi connectivity index (χ1n) is 9.78. The lowest BCUT2D eigenvalue weighted by Crippen LogP contribution is -2.45. The Labute approximate surface area is 153 Å². The van der Waals surface area contributed by atoms with Gasteiger partial charge in [-0.3, -0.25) is 9.59 Å². The van der Waals surface area contributed by atoms with Crippen molar-refractivity contribution < 1.29 is 19.1 Å². The quantitative estimate of drug-likeness (QED) is 0.777. The number of aryl methyl sites for hydroxylation is 1. The number of nitrogens with zero attached hydrogens (tertiary/aromatic N) is 1. The Morgan fingerprint density at radius 2 is 2.15 bits per heavy atom. The van der Waals surface area contributed by atoms with Crippen LogP contribution in [0, 0.1) is 24.7 Å². The summed E-state index contributed by atoms with van der Waals surface area (Å²) in [5, 5.41) is 0. The molecule has 0 aromatic heterocycles. The van der Waals surface area contributed by atoms with E-state index in [1.165, 1.54) is 0 Å². The molecule has 1 amide bonds. The van der Waals surface area contributed by atoms with E-state index in [1.807, 2.05) is 30.0 Å². The molecule has 138 valence electrons. The van der Waals surface area contributed by atoms with Crippen molar-refractivity contribution in [3.8, 4) is 5.75 Å². The number of ether oxygens (including phenoxy) is 2. The second-order valence-corrected chi connectivity index (χ2v) is 8.31. The van der Waals surface area contributed by atoms with Gasteiger partial charge in [-0.1, -0.05) is 11.6 Å². The van der Waals surface area contributed by atoms with Crippen molar-refractivity contribution in [1.29, 1.82) is 0 Å². The van der Waals surface area contributed by atoms with Crippen LogP contribution in [0.2, 0.25) is 0 Å². The Morgan fingerprint density at radius 1 is 1.27 bits per heavy atom. The van der Waals surface area contributed by atoms with Gasteiger partial charge in [0.1, 0.15) is 11.4 Å². The summed E-state index contributed by atoms with van der Waals surface area (Å²) in [4.78, 5) is 27.8. The summed E-state index contributed by atoms with van der Waals surface area (Å²) in [6.45, 7) is 4.82. The molecular weight excluding hydrogens is 330 g/mol. The number of ketones is 1. The van der Waals surface area contributed by atoms with E-state index in [0.29, 0.717) is 36.8 Å². The minimum absolute atomic E-state index is 0.0293. The summed E-state index contributed by atoms with van der Waals surface area (Å²) in [6.07, 6.45) is 3.19. The molecule has 0 bridgehead atoms. The Balaban J connectivity index is 1.38. The first-order chi connectivity index (χ1) is 12.6. The van der Waals surface area contributed by atoms with Gasteiger partial charge < -0.3 is 14.4 Å². The lowest BCUT2D eigenvalue weighted by molar-refractivity contribution is -0.134. The standard InChI is InChI=1S/C21H25NO4/c1-13-3-4-17-15(11-13)16(23)12-21(26-17)6-5-14-18(19(14)21)20(24)22-7-2-9-25-10-8-22/h3-4,11,14,18-19H,2,5-10,12H2,1H3/t14-,18+,19+,21+/m0/s1. The molecule has 5 rings (SSSR count). The van der Waals surface area contributed by atoms with Crippen molar-refractivity contribution in [1.82, 2.24) is 4.90 Å². The van der Waals surface area contributed by atoms with E-state index < -0.39 is 5.60 Å². The number of benzene rings is 1. The van der Waals surface area contributed by atoms with E-state index in [4.69, 9.17) is 9.47 Å². The predicted octanol–water partition coefficient (Wildman–Crippen LogP) is 2.60. The number of amides is 1. The number of rotatable bonds is 1. The molecule has 2 aliphatic carbocycles. The van der Waals surface area contributed by atoms with Crippen LogP contribution < -0.4 is 4.74 Å². The Hall–Kier alpha value is -1.88. The third-order valence-electron chi connectivity index (χ3n) is 6.70. The highest BCUT2D eigenvalue weighted by Crippen LogP contribution is 2.66. The van der Waals surface area contributed by atoms with Crippen molar-refractivity contribution in [2.24, 2.45) is 17.8 Å². The van der Waals surface area contributed by atoms with Crippen LogP contribution >= 0.6 is 0 Å². The van der Waals surface area contributed by atoms with Gasteiger partial charge in [-0.25, -0.2) is 0 Å². The van der Waals surface area contributed by atoms with Crippen molar-refractivity contribution in [3.63, 3.8) is 0 Å². The molecule has 2 aliphatic heterocycles. The number of carbonyl (C=O) groups excluding carboxylic acids is 2. The Morgan fingerprint density at radius 3 is 3.04 bits per heavy atom. The van der Waals surface area contributed by atoms with Crippen molar-refractivity contribution >= 4 is 11.7 Å². The van der Waals surface area contributed by atoms with Crippen molar-refractivity contribution in [3.05, 3.63) is 29.3 Å². The molecule has 3 fully saturated rings. The van der Waals surface area contributed by atoms with Gasteiger partial charge in [-0.2, -0.15) is 0 Å². The monoisotopic (exact) mass is 355 g/mol. The fourth-order valence-electron chi connectivity index (χ4n) is 5.44. The summed E-state index contributed by atoms with van der Waals surface area (Å²) in [6, 6.07) is 5.83. The maximum Gasteiger partial charge on any atom is 0.226 e. The van der Waals surface area contributed by atoms with E-state index >= 15 is 0 Å². The van der Waals surface area contributed by atoms with E-state index in [0.717, 1.165) is 38.0 Å². The third-order valence-corrected chi connectivity index (χ3v) is 6.70. The highest BCUT2D eigenvalue weighted by molar-refractivity contribution is 6.01. The van der Waals surface area contributed by atoms with Gasteiger partial charge in [-0.15, -0.1) is 0 Å². The largest absolute Gasteiger partial charge is 0.486 e. The van der Waals surface area contributed by atoms with Gasteiger partial charge >= 0.3 is 0 Å². The number of carbonyl (C=O) groups is 2. The molecule has 0 radical (unpaired) electrons. The zero-order chi connectivity index (χ0) is 17.9. The molecular formula is C21H25NO4. The molecule has 0 N–H and O–H groups in total. The minimum atomic E-state index is -0.466. The van der Waals surface area contributed by atoms with E-state index in [1.54, 1.807) is 0 Å². The van der Waals surface area contributed by atoms with Crippen LogP contribution in [-0.2, 0) is 9.53 Å². The minimum Gasteiger partial charge on any atom is -0.486 e. The van der Waals surface area contributed by atoms with Crippen LogP contribution in [0.15, 0.2) is 18.2 Å². The lowest BCUT2D eigenvalue weighted by atomic mass is 9.84. The molecule has 4 atom stereocenters. The molecule has 1 spiro atoms. The van der Waals surface area contributed by atoms with Crippen molar-refractivity contribution in [2.45, 2.75) is 38.2 Å². The molecule has 26 heavy (non-hydrogen) atoms. The molecule has 5 nitrogen and oxygen atoms in total. The topological polar surface area (TPSA) is 55.8 Å². The molecule has 0 unspecified atom stereocenters. The molecule has 5 heteroatoms. The summed E-state index contributed by atoms with van der Waals surface area (Å²) >= 11 is 0. The Bertz CT molecular complexity index is 767. The van der Waals surface area contributed by atoms with Crippen LogP contribution in [0.5, 0.6) is 5.75 Å². The van der Waals surface area contributed by atoms with E-state index in [2.05, 4.69) is 0 Å². The summed E-state index contributed by atoms with van der Waals surface area (Å²) in [5.74, 6) is 1.71. The van der Waals surface area contributed by atoms with Gasteiger partial charge in [0.15, 0.2) is 5.78 Å². The first-order valence-corrected chi connectivity index (χ1v) is 9.78.